The highest BCUT2D eigenvalue weighted by Gasteiger charge is 2.04. The maximum Gasteiger partial charge on any atom is 0.0160 e. The quantitative estimate of drug-likeness (QED) is 0.423. The zero-order valence-electron chi connectivity index (χ0n) is 5.59. The summed E-state index contributed by atoms with van der Waals surface area (Å²) in [5.74, 6) is 0.758. The van der Waals surface area contributed by atoms with E-state index >= 15 is 0 Å². The van der Waals surface area contributed by atoms with Crippen LogP contribution in [0.1, 0.15) is 6.92 Å². The highest BCUT2D eigenvalue weighted by Crippen LogP contribution is 2.04. The standard InChI is InChI=1S/C7H13N/c1-7-4-3-5-8(2)6-7/h3-4,7H,5-6H2,1-2H3/t7-/m1/s1. The van der Waals surface area contributed by atoms with Gasteiger partial charge < -0.3 is 4.90 Å². The van der Waals surface area contributed by atoms with Gasteiger partial charge in [-0.1, -0.05) is 19.1 Å². The van der Waals surface area contributed by atoms with Gasteiger partial charge in [0.25, 0.3) is 0 Å². The van der Waals surface area contributed by atoms with Gasteiger partial charge in [0.1, 0.15) is 0 Å². The fraction of sp³-hybridized carbons (Fsp3) is 0.714. The first-order valence-corrected chi connectivity index (χ1v) is 3.14. The van der Waals surface area contributed by atoms with Crippen molar-refractivity contribution in [2.45, 2.75) is 6.92 Å². The summed E-state index contributed by atoms with van der Waals surface area (Å²) in [5.41, 5.74) is 0. The molecular weight excluding hydrogens is 98.1 g/mol. The van der Waals surface area contributed by atoms with Crippen LogP contribution in [-0.4, -0.2) is 25.0 Å². The van der Waals surface area contributed by atoms with E-state index in [-0.39, 0.29) is 0 Å². The summed E-state index contributed by atoms with van der Waals surface area (Å²) in [6.07, 6.45) is 4.51. The lowest BCUT2D eigenvalue weighted by Gasteiger charge is -2.21. The summed E-state index contributed by atoms with van der Waals surface area (Å²) >= 11 is 0. The van der Waals surface area contributed by atoms with Gasteiger partial charge in [-0.05, 0) is 13.0 Å². The third-order valence-corrected chi connectivity index (χ3v) is 1.48. The molecule has 1 aliphatic heterocycles. The smallest absolute Gasteiger partial charge is 0.0160 e. The Morgan fingerprint density at radius 2 is 2.38 bits per heavy atom. The van der Waals surface area contributed by atoms with Crippen LogP contribution in [0.2, 0.25) is 0 Å². The van der Waals surface area contributed by atoms with Crippen molar-refractivity contribution in [3.63, 3.8) is 0 Å². The van der Waals surface area contributed by atoms with Gasteiger partial charge >= 0.3 is 0 Å². The van der Waals surface area contributed by atoms with Crippen molar-refractivity contribution < 1.29 is 0 Å². The monoisotopic (exact) mass is 111 g/mol. The van der Waals surface area contributed by atoms with Gasteiger partial charge in [0.15, 0.2) is 0 Å². The highest BCUT2D eigenvalue weighted by atomic mass is 15.1. The molecule has 0 aliphatic carbocycles. The summed E-state index contributed by atoms with van der Waals surface area (Å²) in [7, 11) is 2.15. The maximum absolute atomic E-state index is 2.32. The Hall–Kier alpha value is -0.300. The van der Waals surface area contributed by atoms with Crippen molar-refractivity contribution in [2.75, 3.05) is 20.1 Å². The van der Waals surface area contributed by atoms with Crippen LogP contribution in [0, 0.1) is 5.92 Å². The van der Waals surface area contributed by atoms with Crippen LogP contribution in [0.4, 0.5) is 0 Å². The predicted molar refractivity (Wildman–Crippen MR) is 35.8 cm³/mol. The molecule has 0 aromatic rings. The minimum absolute atomic E-state index is 0.758. The van der Waals surface area contributed by atoms with E-state index in [0.29, 0.717) is 0 Å². The van der Waals surface area contributed by atoms with Crippen LogP contribution in [0.5, 0.6) is 0 Å². The predicted octanol–water partition coefficient (Wildman–Crippen LogP) is 1.12. The molecule has 1 nitrogen and oxygen atoms in total. The molecule has 1 atom stereocenters. The van der Waals surface area contributed by atoms with Crippen LogP contribution < -0.4 is 0 Å². The number of hydrogen-bond donors (Lipinski definition) is 0. The van der Waals surface area contributed by atoms with E-state index in [2.05, 4.69) is 31.0 Å². The number of rotatable bonds is 0. The van der Waals surface area contributed by atoms with Crippen molar-refractivity contribution >= 4 is 0 Å². The van der Waals surface area contributed by atoms with Crippen molar-refractivity contribution in [3.8, 4) is 0 Å². The maximum atomic E-state index is 2.32. The van der Waals surface area contributed by atoms with Crippen LogP contribution >= 0.6 is 0 Å². The Morgan fingerprint density at radius 3 is 2.75 bits per heavy atom. The highest BCUT2D eigenvalue weighted by molar-refractivity contribution is 4.93. The summed E-state index contributed by atoms with van der Waals surface area (Å²) in [5, 5.41) is 0. The molecular formula is C7H13N. The molecule has 0 aromatic heterocycles. The molecule has 1 heterocycles. The van der Waals surface area contributed by atoms with Crippen LogP contribution in [0.15, 0.2) is 12.2 Å². The van der Waals surface area contributed by atoms with Gasteiger partial charge in [0, 0.05) is 13.1 Å². The van der Waals surface area contributed by atoms with E-state index in [1.807, 2.05) is 0 Å². The van der Waals surface area contributed by atoms with E-state index in [1.165, 1.54) is 6.54 Å². The fourth-order valence-electron chi connectivity index (χ4n) is 1.10. The topological polar surface area (TPSA) is 3.24 Å². The summed E-state index contributed by atoms with van der Waals surface area (Å²) in [6.45, 7) is 4.59. The van der Waals surface area contributed by atoms with E-state index in [0.717, 1.165) is 12.5 Å². The first-order chi connectivity index (χ1) is 3.79. The van der Waals surface area contributed by atoms with E-state index < -0.39 is 0 Å². The van der Waals surface area contributed by atoms with Gasteiger partial charge in [-0.3, -0.25) is 0 Å². The Bertz CT molecular complexity index is 96.6. The second-order valence-electron chi connectivity index (χ2n) is 2.63. The lowest BCUT2D eigenvalue weighted by atomic mass is 10.1. The van der Waals surface area contributed by atoms with Gasteiger partial charge in [0.05, 0.1) is 0 Å². The van der Waals surface area contributed by atoms with Crippen LogP contribution in [0.25, 0.3) is 0 Å². The molecule has 0 spiro atoms. The minimum Gasteiger partial charge on any atom is -0.302 e. The SMILES string of the molecule is C[C@@H]1C=CCN(C)C1. The van der Waals surface area contributed by atoms with Crippen molar-refractivity contribution in [3.05, 3.63) is 12.2 Å². The molecule has 0 fully saturated rings. The van der Waals surface area contributed by atoms with Gasteiger partial charge in [-0.15, -0.1) is 0 Å². The third kappa shape index (κ3) is 1.34. The largest absolute Gasteiger partial charge is 0.302 e. The number of likely N-dealkylation sites (N-methyl/N-ethyl adjacent to an activating group) is 1. The lowest BCUT2D eigenvalue weighted by Crippen LogP contribution is -2.26. The summed E-state index contributed by atoms with van der Waals surface area (Å²) in [4.78, 5) is 2.32. The second-order valence-corrected chi connectivity index (χ2v) is 2.63. The average molecular weight is 111 g/mol. The molecule has 0 saturated carbocycles. The van der Waals surface area contributed by atoms with E-state index in [4.69, 9.17) is 0 Å². The first kappa shape index (κ1) is 5.83. The fourth-order valence-corrected chi connectivity index (χ4v) is 1.10. The average Bonchev–Trinajstić information content (AvgIpc) is 1.64. The van der Waals surface area contributed by atoms with Crippen molar-refractivity contribution in [1.29, 1.82) is 0 Å². The molecule has 46 valence electrons. The first-order valence-electron chi connectivity index (χ1n) is 3.14. The van der Waals surface area contributed by atoms with Crippen LogP contribution in [0.3, 0.4) is 0 Å². The Morgan fingerprint density at radius 1 is 1.62 bits per heavy atom. The molecule has 1 aliphatic rings. The molecule has 1 heteroatoms. The number of nitrogens with zero attached hydrogens (tertiary/aromatic N) is 1. The van der Waals surface area contributed by atoms with Gasteiger partial charge in [0.2, 0.25) is 0 Å². The van der Waals surface area contributed by atoms with Crippen molar-refractivity contribution in [2.24, 2.45) is 5.92 Å². The molecule has 0 amide bonds. The minimum atomic E-state index is 0.758. The Balaban J connectivity index is 2.42. The molecule has 8 heavy (non-hydrogen) atoms. The normalized spacial score (nSPS) is 31.0. The molecule has 0 bridgehead atoms. The van der Waals surface area contributed by atoms with Crippen LogP contribution in [-0.2, 0) is 0 Å². The third-order valence-electron chi connectivity index (χ3n) is 1.48. The Labute approximate surface area is 51.0 Å². The molecule has 0 unspecified atom stereocenters. The lowest BCUT2D eigenvalue weighted by molar-refractivity contribution is 0.323. The molecule has 0 N–H and O–H groups in total. The molecule has 0 saturated heterocycles. The van der Waals surface area contributed by atoms with Crippen molar-refractivity contribution in [1.82, 2.24) is 4.90 Å². The van der Waals surface area contributed by atoms with E-state index in [1.54, 1.807) is 0 Å². The van der Waals surface area contributed by atoms with E-state index in [9.17, 15) is 0 Å². The summed E-state index contributed by atoms with van der Waals surface area (Å²) < 4.78 is 0. The zero-order valence-corrected chi connectivity index (χ0v) is 5.59. The molecule has 0 aromatic carbocycles. The molecule has 0 radical (unpaired) electrons. The van der Waals surface area contributed by atoms with Gasteiger partial charge in [-0.2, -0.15) is 0 Å². The van der Waals surface area contributed by atoms with Gasteiger partial charge in [-0.25, -0.2) is 0 Å². The second kappa shape index (κ2) is 2.31. The Kier molecular flexibility index (Phi) is 1.69. The number of hydrogen-bond acceptors (Lipinski definition) is 1. The zero-order chi connectivity index (χ0) is 5.98. The molecule has 1 rings (SSSR count). The summed E-state index contributed by atoms with van der Waals surface area (Å²) in [6, 6.07) is 0.